The Bertz CT molecular complexity index is 1130. The number of aromatic carboxylic acids is 1. The van der Waals surface area contributed by atoms with E-state index in [9.17, 15) is 9.90 Å². The number of carboxylic acid groups (broad SMARTS) is 1. The standard InChI is InChI=1S/C20H18N2O5S/c1-20(2)7-11-15(16-12(20)8-21-22(16)3)19(28-17(11)18(23)24)27-10-4-5-13-14(6-10)26-9-25-13/h4-6,8H,7,9H2,1-3H3,(H,23,24). The van der Waals surface area contributed by atoms with Crippen LogP contribution in [0.3, 0.4) is 0 Å². The number of hydrogen-bond acceptors (Lipinski definition) is 6. The number of fused-ring (bicyclic) bond motifs is 4. The Morgan fingerprint density at radius 3 is 2.89 bits per heavy atom. The zero-order valence-electron chi connectivity index (χ0n) is 15.6. The molecule has 1 N–H and O–H groups in total. The zero-order chi connectivity index (χ0) is 19.6. The third-order valence-electron chi connectivity index (χ3n) is 5.25. The summed E-state index contributed by atoms with van der Waals surface area (Å²) in [6.07, 6.45) is 2.48. The normalized spacial score (nSPS) is 15.8. The maximum atomic E-state index is 11.9. The van der Waals surface area contributed by atoms with Crippen molar-refractivity contribution in [1.29, 1.82) is 0 Å². The molecule has 7 nitrogen and oxygen atoms in total. The number of carbonyl (C=O) groups is 1. The number of hydrogen-bond donors (Lipinski definition) is 1. The molecular weight excluding hydrogens is 380 g/mol. The molecule has 0 fully saturated rings. The number of aryl methyl sites for hydroxylation is 1. The van der Waals surface area contributed by atoms with Crippen LogP contribution in [0.2, 0.25) is 0 Å². The Kier molecular flexibility index (Phi) is 3.51. The van der Waals surface area contributed by atoms with Gasteiger partial charge in [-0.25, -0.2) is 4.79 Å². The molecule has 2 aromatic heterocycles. The van der Waals surface area contributed by atoms with Gasteiger partial charge in [-0.2, -0.15) is 5.10 Å². The SMILES string of the molecule is Cn1ncc2c1-c1c(Oc3ccc4c(c3)OCO4)sc(C(=O)O)c1CC2(C)C. The molecule has 28 heavy (non-hydrogen) atoms. The van der Waals surface area contributed by atoms with E-state index in [0.29, 0.717) is 33.6 Å². The summed E-state index contributed by atoms with van der Waals surface area (Å²) in [4.78, 5) is 12.2. The van der Waals surface area contributed by atoms with Crippen LogP contribution >= 0.6 is 11.3 Å². The third kappa shape index (κ3) is 2.41. The highest BCUT2D eigenvalue weighted by Gasteiger charge is 2.39. The Balaban J connectivity index is 1.67. The van der Waals surface area contributed by atoms with Crippen molar-refractivity contribution in [2.45, 2.75) is 25.7 Å². The summed E-state index contributed by atoms with van der Waals surface area (Å²) in [7, 11) is 1.87. The lowest BCUT2D eigenvalue weighted by Crippen LogP contribution is -2.26. The first-order valence-electron chi connectivity index (χ1n) is 8.84. The average Bonchev–Trinajstić information content (AvgIpc) is 3.32. The van der Waals surface area contributed by atoms with Gasteiger partial charge in [0.15, 0.2) is 16.6 Å². The molecule has 1 aromatic carbocycles. The van der Waals surface area contributed by atoms with Crippen molar-refractivity contribution in [2.24, 2.45) is 7.05 Å². The molecule has 8 heteroatoms. The van der Waals surface area contributed by atoms with Crippen LogP contribution in [0.15, 0.2) is 24.4 Å². The summed E-state index contributed by atoms with van der Waals surface area (Å²) in [6.45, 7) is 4.40. The average molecular weight is 398 g/mol. The third-order valence-corrected chi connectivity index (χ3v) is 6.34. The molecule has 1 aliphatic heterocycles. The number of rotatable bonds is 3. The van der Waals surface area contributed by atoms with E-state index < -0.39 is 5.97 Å². The van der Waals surface area contributed by atoms with Crippen LogP contribution in [-0.2, 0) is 18.9 Å². The van der Waals surface area contributed by atoms with Crippen molar-refractivity contribution >= 4 is 17.3 Å². The summed E-state index contributed by atoms with van der Waals surface area (Å²) < 4.78 is 18.7. The van der Waals surface area contributed by atoms with E-state index in [0.717, 1.165) is 33.7 Å². The lowest BCUT2D eigenvalue weighted by Gasteiger charge is -2.30. The van der Waals surface area contributed by atoms with Crippen LogP contribution in [0.25, 0.3) is 11.3 Å². The van der Waals surface area contributed by atoms with E-state index in [2.05, 4.69) is 18.9 Å². The predicted octanol–water partition coefficient (Wildman–Crippen LogP) is 4.20. The molecule has 0 bridgehead atoms. The maximum absolute atomic E-state index is 11.9. The van der Waals surface area contributed by atoms with Crippen LogP contribution in [0, 0.1) is 0 Å². The molecule has 1 aliphatic carbocycles. The smallest absolute Gasteiger partial charge is 0.346 e. The van der Waals surface area contributed by atoms with Crippen molar-refractivity contribution < 1.29 is 24.1 Å². The molecule has 0 saturated heterocycles. The number of ether oxygens (including phenoxy) is 3. The van der Waals surface area contributed by atoms with Crippen LogP contribution < -0.4 is 14.2 Å². The summed E-state index contributed by atoms with van der Waals surface area (Å²) in [5, 5.41) is 14.8. The van der Waals surface area contributed by atoms with Crippen molar-refractivity contribution in [2.75, 3.05) is 6.79 Å². The van der Waals surface area contributed by atoms with Gasteiger partial charge >= 0.3 is 5.97 Å². The van der Waals surface area contributed by atoms with Gasteiger partial charge < -0.3 is 19.3 Å². The van der Waals surface area contributed by atoms with Gasteiger partial charge in [-0.05, 0) is 29.5 Å². The molecule has 0 radical (unpaired) electrons. The Morgan fingerprint density at radius 2 is 2.11 bits per heavy atom. The number of aromatic nitrogens is 2. The molecule has 0 saturated carbocycles. The van der Waals surface area contributed by atoms with Crippen molar-refractivity contribution in [3.63, 3.8) is 0 Å². The van der Waals surface area contributed by atoms with E-state index in [1.165, 1.54) is 0 Å². The Morgan fingerprint density at radius 1 is 1.32 bits per heavy atom. The Labute approximate surface area is 165 Å². The highest BCUT2D eigenvalue weighted by atomic mass is 32.1. The van der Waals surface area contributed by atoms with E-state index in [1.54, 1.807) is 22.9 Å². The monoisotopic (exact) mass is 398 g/mol. The van der Waals surface area contributed by atoms with Gasteiger partial charge in [0.2, 0.25) is 6.79 Å². The minimum atomic E-state index is -0.941. The van der Waals surface area contributed by atoms with E-state index >= 15 is 0 Å². The second kappa shape index (κ2) is 5.75. The summed E-state index contributed by atoms with van der Waals surface area (Å²) in [6, 6.07) is 5.33. The van der Waals surface area contributed by atoms with Crippen molar-refractivity contribution in [3.8, 4) is 33.6 Å². The van der Waals surface area contributed by atoms with Gasteiger partial charge in [0.05, 0.1) is 17.5 Å². The van der Waals surface area contributed by atoms with Gasteiger partial charge in [0, 0.05) is 18.7 Å². The number of carboxylic acids is 1. The van der Waals surface area contributed by atoms with E-state index in [4.69, 9.17) is 14.2 Å². The van der Waals surface area contributed by atoms with Crippen LogP contribution in [0.1, 0.15) is 34.6 Å². The molecule has 0 atom stereocenters. The fourth-order valence-corrected chi connectivity index (χ4v) is 4.94. The minimum Gasteiger partial charge on any atom is -0.477 e. The second-order valence-corrected chi connectivity index (χ2v) is 8.57. The zero-order valence-corrected chi connectivity index (χ0v) is 16.4. The number of nitrogens with zero attached hydrogens (tertiary/aromatic N) is 2. The molecule has 3 aromatic rings. The molecule has 5 rings (SSSR count). The van der Waals surface area contributed by atoms with Crippen molar-refractivity contribution in [1.82, 2.24) is 9.78 Å². The van der Waals surface area contributed by atoms with Gasteiger partial charge in [-0.15, -0.1) is 0 Å². The fraction of sp³-hybridized carbons (Fsp3) is 0.300. The quantitative estimate of drug-likeness (QED) is 0.712. The molecule has 144 valence electrons. The fourth-order valence-electron chi connectivity index (χ4n) is 3.91. The lowest BCUT2D eigenvalue weighted by molar-refractivity contribution is 0.0701. The highest BCUT2D eigenvalue weighted by molar-refractivity contribution is 7.16. The topological polar surface area (TPSA) is 82.8 Å². The first-order valence-corrected chi connectivity index (χ1v) is 9.66. The summed E-state index contributed by atoms with van der Waals surface area (Å²) >= 11 is 1.15. The van der Waals surface area contributed by atoms with E-state index in [1.807, 2.05) is 13.2 Å². The first-order chi connectivity index (χ1) is 13.3. The molecule has 0 amide bonds. The molecule has 2 aliphatic rings. The lowest BCUT2D eigenvalue weighted by atomic mass is 9.73. The van der Waals surface area contributed by atoms with Gasteiger partial charge in [-0.3, -0.25) is 4.68 Å². The Hall–Kier alpha value is -3.00. The second-order valence-electron chi connectivity index (χ2n) is 7.59. The summed E-state index contributed by atoms with van der Waals surface area (Å²) in [5.41, 5.74) is 3.40. The van der Waals surface area contributed by atoms with Gasteiger partial charge in [-0.1, -0.05) is 25.2 Å². The maximum Gasteiger partial charge on any atom is 0.346 e. The molecular formula is C20H18N2O5S. The largest absolute Gasteiger partial charge is 0.477 e. The molecule has 0 spiro atoms. The van der Waals surface area contributed by atoms with Gasteiger partial charge in [0.25, 0.3) is 0 Å². The summed E-state index contributed by atoms with van der Waals surface area (Å²) in [5.74, 6) is 0.910. The van der Waals surface area contributed by atoms with Crippen LogP contribution in [0.4, 0.5) is 0 Å². The van der Waals surface area contributed by atoms with Gasteiger partial charge in [0.1, 0.15) is 10.6 Å². The van der Waals surface area contributed by atoms with E-state index in [-0.39, 0.29) is 12.2 Å². The van der Waals surface area contributed by atoms with Crippen molar-refractivity contribution in [3.05, 3.63) is 40.4 Å². The molecule has 3 heterocycles. The van der Waals surface area contributed by atoms with Crippen LogP contribution in [0.5, 0.6) is 22.3 Å². The number of benzene rings is 1. The highest BCUT2D eigenvalue weighted by Crippen LogP contribution is 2.53. The minimum absolute atomic E-state index is 0.184. The predicted molar refractivity (Wildman–Crippen MR) is 103 cm³/mol. The number of thiophene rings is 1. The van der Waals surface area contributed by atoms with Crippen LogP contribution in [-0.4, -0.2) is 27.6 Å². The first kappa shape index (κ1) is 17.1. The molecule has 0 unspecified atom stereocenters.